The van der Waals surface area contributed by atoms with Gasteiger partial charge < -0.3 is 9.47 Å². The first-order valence-corrected chi connectivity index (χ1v) is 10.00. The van der Waals surface area contributed by atoms with Crippen molar-refractivity contribution in [3.05, 3.63) is 53.6 Å². The van der Waals surface area contributed by atoms with Crippen molar-refractivity contribution in [1.29, 1.82) is 0 Å². The molecule has 2 aromatic carbocycles. The number of hydrogen-bond donors (Lipinski definition) is 0. The molecule has 4 rings (SSSR count). The van der Waals surface area contributed by atoms with Crippen molar-refractivity contribution in [3.8, 4) is 11.4 Å². The largest absolute Gasteiger partial charge is 0.418 e. The lowest BCUT2D eigenvalue weighted by atomic mass is 10.1. The van der Waals surface area contributed by atoms with Gasteiger partial charge in [-0.2, -0.15) is 26.3 Å². The van der Waals surface area contributed by atoms with Crippen LogP contribution in [0.4, 0.5) is 26.3 Å². The van der Waals surface area contributed by atoms with E-state index in [1.54, 1.807) is 0 Å². The molecule has 9 heteroatoms. The summed E-state index contributed by atoms with van der Waals surface area (Å²) >= 11 is 0. The maximum atomic E-state index is 13.9. The Morgan fingerprint density at radius 2 is 1.68 bits per heavy atom. The molecule has 1 fully saturated rings. The van der Waals surface area contributed by atoms with Gasteiger partial charge in [0.15, 0.2) is 0 Å². The predicted molar refractivity (Wildman–Crippen MR) is 106 cm³/mol. The average molecular weight is 441 g/mol. The van der Waals surface area contributed by atoms with Crippen LogP contribution < -0.4 is 0 Å². The molecule has 0 N–H and O–H groups in total. The monoisotopic (exact) mass is 441 g/mol. The Labute approximate surface area is 175 Å². The second kappa shape index (κ2) is 7.85. The van der Waals surface area contributed by atoms with Crippen molar-refractivity contribution < 1.29 is 26.3 Å². The maximum Gasteiger partial charge on any atom is 0.418 e. The normalized spacial score (nSPS) is 19.0. The summed E-state index contributed by atoms with van der Waals surface area (Å²) in [6.45, 7) is 1.30. The second-order valence-electron chi connectivity index (χ2n) is 7.97. The highest BCUT2D eigenvalue weighted by atomic mass is 19.4. The Morgan fingerprint density at radius 1 is 0.935 bits per heavy atom. The zero-order valence-corrected chi connectivity index (χ0v) is 16.8. The minimum absolute atomic E-state index is 0.0808. The van der Waals surface area contributed by atoms with Crippen molar-refractivity contribution in [2.24, 2.45) is 0 Å². The maximum absolute atomic E-state index is 13.9. The quantitative estimate of drug-likeness (QED) is 0.429. The van der Waals surface area contributed by atoms with Crippen LogP contribution in [0, 0.1) is 0 Å². The van der Waals surface area contributed by atoms with Crippen molar-refractivity contribution in [2.75, 3.05) is 20.1 Å². The van der Waals surface area contributed by atoms with E-state index in [-0.39, 0.29) is 28.5 Å². The number of benzene rings is 2. The van der Waals surface area contributed by atoms with Crippen molar-refractivity contribution in [1.82, 2.24) is 14.5 Å². The Morgan fingerprint density at radius 3 is 2.39 bits per heavy atom. The third-order valence-electron chi connectivity index (χ3n) is 5.68. The zero-order chi connectivity index (χ0) is 22.4. The molecule has 1 aliphatic rings. The molecule has 1 unspecified atom stereocenters. The number of imidazole rings is 1. The van der Waals surface area contributed by atoms with E-state index in [0.29, 0.717) is 13.0 Å². The van der Waals surface area contributed by atoms with Gasteiger partial charge in [0, 0.05) is 18.2 Å². The Bertz CT molecular complexity index is 1080. The van der Waals surface area contributed by atoms with Crippen LogP contribution in [-0.2, 0) is 12.4 Å². The predicted octanol–water partition coefficient (Wildman–Crippen LogP) is 6.40. The molecule has 0 bridgehead atoms. The standard InChI is InChI=1S/C22H21F6N3/c1-30-11-3-2-8-16(13-30)31-19-17(22(26,27)28)9-5-10-18(19)29-20(31)14-6-4-7-15(12-14)21(23,24)25/h4-7,9-10,12,16H,2-3,8,11,13H2,1H3. The zero-order valence-electron chi connectivity index (χ0n) is 16.8. The van der Waals surface area contributed by atoms with Gasteiger partial charge in [-0.25, -0.2) is 4.98 Å². The molecule has 0 spiro atoms. The molecule has 1 aromatic heterocycles. The number of aromatic nitrogens is 2. The van der Waals surface area contributed by atoms with Crippen LogP contribution >= 0.6 is 0 Å². The lowest BCUT2D eigenvalue weighted by molar-refractivity contribution is -0.138. The number of para-hydroxylation sites is 1. The third kappa shape index (κ3) is 4.28. The third-order valence-corrected chi connectivity index (χ3v) is 5.68. The fraction of sp³-hybridized carbons (Fsp3) is 0.409. The summed E-state index contributed by atoms with van der Waals surface area (Å²) < 4.78 is 82.9. The molecule has 1 aliphatic heterocycles. The van der Waals surface area contributed by atoms with Crippen LogP contribution in [0.1, 0.15) is 36.4 Å². The smallest absolute Gasteiger partial charge is 0.319 e. The molecule has 0 aliphatic carbocycles. The van der Waals surface area contributed by atoms with Crippen molar-refractivity contribution >= 4 is 11.0 Å². The van der Waals surface area contributed by atoms with Gasteiger partial charge in [-0.05, 0) is 50.7 Å². The SMILES string of the molecule is CN1CCCCC(n2c(-c3cccc(C(F)(F)F)c3)nc3cccc(C(F)(F)F)c32)C1. The minimum Gasteiger partial charge on any atom is -0.319 e. The number of rotatable bonds is 2. The van der Waals surface area contributed by atoms with Crippen LogP contribution in [0.25, 0.3) is 22.4 Å². The fourth-order valence-corrected chi connectivity index (χ4v) is 4.29. The summed E-state index contributed by atoms with van der Waals surface area (Å²) in [6, 6.07) is 8.01. The number of alkyl halides is 6. The minimum atomic E-state index is -4.61. The van der Waals surface area contributed by atoms with Crippen LogP contribution in [-0.4, -0.2) is 34.6 Å². The van der Waals surface area contributed by atoms with Gasteiger partial charge in [0.1, 0.15) is 5.82 Å². The lowest BCUT2D eigenvalue weighted by Gasteiger charge is -2.25. The first-order chi connectivity index (χ1) is 14.6. The number of halogens is 6. The highest BCUT2D eigenvalue weighted by Crippen LogP contribution is 2.40. The van der Waals surface area contributed by atoms with Gasteiger partial charge in [-0.1, -0.05) is 24.6 Å². The van der Waals surface area contributed by atoms with E-state index in [1.807, 2.05) is 11.9 Å². The highest BCUT2D eigenvalue weighted by Gasteiger charge is 2.37. The summed E-state index contributed by atoms with van der Waals surface area (Å²) in [6.07, 6.45) is -6.84. The first-order valence-electron chi connectivity index (χ1n) is 10.00. The number of nitrogens with zero attached hydrogens (tertiary/aromatic N) is 3. The summed E-state index contributed by atoms with van der Waals surface area (Å²) in [4.78, 5) is 6.43. The molecule has 2 heterocycles. The number of hydrogen-bond acceptors (Lipinski definition) is 2. The molecule has 0 saturated carbocycles. The topological polar surface area (TPSA) is 21.1 Å². The Balaban J connectivity index is 2.00. The molecule has 0 radical (unpaired) electrons. The summed E-state index contributed by atoms with van der Waals surface area (Å²) in [5.74, 6) is 0.123. The lowest BCUT2D eigenvalue weighted by Crippen LogP contribution is -2.27. The van der Waals surface area contributed by atoms with Crippen molar-refractivity contribution in [3.63, 3.8) is 0 Å². The highest BCUT2D eigenvalue weighted by molar-refractivity contribution is 5.84. The van der Waals surface area contributed by atoms with E-state index in [4.69, 9.17) is 0 Å². The summed E-state index contributed by atoms with van der Waals surface area (Å²) in [5.41, 5.74) is -1.51. The average Bonchev–Trinajstić information content (AvgIpc) is 2.95. The number of fused-ring (bicyclic) bond motifs is 1. The van der Waals surface area contributed by atoms with Gasteiger partial charge in [0.05, 0.1) is 22.2 Å². The second-order valence-corrected chi connectivity index (χ2v) is 7.97. The summed E-state index contributed by atoms with van der Waals surface area (Å²) in [7, 11) is 1.89. The van der Waals surface area contributed by atoms with Gasteiger partial charge in [-0.15, -0.1) is 0 Å². The Kier molecular flexibility index (Phi) is 5.49. The first kappa shape index (κ1) is 21.7. The Hall–Kier alpha value is -2.55. The molecule has 3 nitrogen and oxygen atoms in total. The van der Waals surface area contributed by atoms with Crippen LogP contribution in [0.15, 0.2) is 42.5 Å². The van der Waals surface area contributed by atoms with Crippen LogP contribution in [0.2, 0.25) is 0 Å². The van der Waals surface area contributed by atoms with Crippen LogP contribution in [0.5, 0.6) is 0 Å². The fourth-order valence-electron chi connectivity index (χ4n) is 4.29. The van der Waals surface area contributed by atoms with E-state index in [1.165, 1.54) is 28.8 Å². The number of likely N-dealkylation sites (tertiary alicyclic amines) is 1. The molecular formula is C22H21F6N3. The van der Waals surface area contributed by atoms with Crippen molar-refractivity contribution in [2.45, 2.75) is 37.7 Å². The molecular weight excluding hydrogens is 420 g/mol. The van der Waals surface area contributed by atoms with Crippen LogP contribution in [0.3, 0.4) is 0 Å². The van der Waals surface area contributed by atoms with E-state index in [9.17, 15) is 26.3 Å². The number of likely N-dealkylation sites (N-methyl/N-ethyl adjacent to an activating group) is 1. The molecule has 0 amide bonds. The molecule has 31 heavy (non-hydrogen) atoms. The van der Waals surface area contributed by atoms with E-state index in [2.05, 4.69) is 4.98 Å². The van der Waals surface area contributed by atoms with E-state index in [0.717, 1.165) is 37.6 Å². The van der Waals surface area contributed by atoms with Gasteiger partial charge in [-0.3, -0.25) is 0 Å². The van der Waals surface area contributed by atoms with Gasteiger partial charge in [0.2, 0.25) is 0 Å². The summed E-state index contributed by atoms with van der Waals surface area (Å²) in [5, 5.41) is 0. The molecule has 3 aromatic rings. The molecule has 1 saturated heterocycles. The van der Waals surface area contributed by atoms with Gasteiger partial charge >= 0.3 is 12.4 Å². The molecule has 166 valence electrons. The van der Waals surface area contributed by atoms with Gasteiger partial charge in [0.25, 0.3) is 0 Å². The van der Waals surface area contributed by atoms with E-state index < -0.39 is 23.5 Å². The molecule has 1 atom stereocenters. The van der Waals surface area contributed by atoms with E-state index >= 15 is 0 Å².